The van der Waals surface area contributed by atoms with Crippen molar-refractivity contribution in [3.8, 4) is 0 Å². The summed E-state index contributed by atoms with van der Waals surface area (Å²) in [4.78, 5) is 25.7. The number of carbonyl (C=O) groups excluding carboxylic acids is 2. The van der Waals surface area contributed by atoms with Crippen LogP contribution in [0.1, 0.15) is 34.3 Å². The van der Waals surface area contributed by atoms with Crippen molar-refractivity contribution in [1.82, 2.24) is 4.90 Å². The third-order valence-electron chi connectivity index (χ3n) is 4.86. The van der Waals surface area contributed by atoms with Crippen LogP contribution in [0.5, 0.6) is 0 Å². The van der Waals surface area contributed by atoms with Crippen LogP contribution in [0.25, 0.3) is 10.8 Å². The van der Waals surface area contributed by atoms with Crippen molar-refractivity contribution >= 4 is 22.6 Å². The van der Waals surface area contributed by atoms with Gasteiger partial charge in [-0.15, -0.1) is 0 Å². The molecule has 2 N–H and O–H groups in total. The minimum absolute atomic E-state index is 0.189. The maximum absolute atomic E-state index is 12.0. The molecular formula is C18H18N2O3. The number of amides is 1. The van der Waals surface area contributed by atoms with E-state index in [0.717, 1.165) is 41.3 Å². The molecule has 2 aliphatic heterocycles. The van der Waals surface area contributed by atoms with Crippen molar-refractivity contribution in [3.05, 3.63) is 47.0 Å². The van der Waals surface area contributed by atoms with Crippen LogP contribution in [0.4, 0.5) is 0 Å². The molecule has 1 saturated heterocycles. The lowest BCUT2D eigenvalue weighted by atomic mass is 9.94. The van der Waals surface area contributed by atoms with Gasteiger partial charge in [0.2, 0.25) is 5.91 Å². The lowest BCUT2D eigenvalue weighted by Gasteiger charge is -2.24. The van der Waals surface area contributed by atoms with Gasteiger partial charge in [0.25, 0.3) is 0 Å². The van der Waals surface area contributed by atoms with Crippen LogP contribution in [0.3, 0.4) is 0 Å². The fourth-order valence-electron chi connectivity index (χ4n) is 3.75. The second-order valence-electron chi connectivity index (χ2n) is 6.22. The average Bonchev–Trinajstić information content (AvgIpc) is 3.01. The van der Waals surface area contributed by atoms with Crippen molar-refractivity contribution in [3.63, 3.8) is 0 Å². The Kier molecular flexibility index (Phi) is 3.31. The highest BCUT2D eigenvalue weighted by atomic mass is 16.5. The largest absolute Gasteiger partial charge is 0.457 e. The van der Waals surface area contributed by atoms with Crippen LogP contribution in [0.15, 0.2) is 30.3 Å². The monoisotopic (exact) mass is 310 g/mol. The summed E-state index contributed by atoms with van der Waals surface area (Å²) in [6, 6.07) is 9.61. The van der Waals surface area contributed by atoms with Crippen LogP contribution < -0.4 is 5.73 Å². The van der Waals surface area contributed by atoms with Crippen molar-refractivity contribution in [2.75, 3.05) is 6.54 Å². The van der Waals surface area contributed by atoms with E-state index in [2.05, 4.69) is 11.0 Å². The van der Waals surface area contributed by atoms with Gasteiger partial charge in [0.15, 0.2) is 0 Å². The zero-order valence-electron chi connectivity index (χ0n) is 12.7. The highest BCUT2D eigenvalue weighted by molar-refractivity contribution is 6.08. The molecule has 1 unspecified atom stereocenters. The summed E-state index contributed by atoms with van der Waals surface area (Å²) in [5.74, 6) is -0.523. The molecule has 0 bridgehead atoms. The number of hydrogen-bond acceptors (Lipinski definition) is 4. The number of ether oxygens (including phenoxy) is 1. The number of nitrogens with zero attached hydrogens (tertiary/aromatic N) is 1. The molecule has 118 valence electrons. The molecule has 4 rings (SSSR count). The predicted octanol–water partition coefficient (Wildman–Crippen LogP) is 1.96. The molecule has 2 aromatic carbocycles. The average molecular weight is 310 g/mol. The number of primary amides is 1. The molecule has 0 spiro atoms. The molecule has 1 amide bonds. The summed E-state index contributed by atoms with van der Waals surface area (Å²) in [6.07, 6.45) is 1.81. The summed E-state index contributed by atoms with van der Waals surface area (Å²) in [5.41, 5.74) is 8.29. The third-order valence-corrected chi connectivity index (χ3v) is 4.86. The van der Waals surface area contributed by atoms with E-state index in [0.29, 0.717) is 18.7 Å². The van der Waals surface area contributed by atoms with Gasteiger partial charge < -0.3 is 10.5 Å². The minimum atomic E-state index is -0.267. The Bertz CT molecular complexity index is 815. The molecule has 0 aromatic heterocycles. The molecule has 5 heteroatoms. The Labute approximate surface area is 134 Å². The number of esters is 1. The zero-order chi connectivity index (χ0) is 16.0. The standard InChI is InChI=1S/C18H18N2O3/c19-17(21)15-5-2-8-20(15)9-11-6-7-12-10-23-18(22)14-4-1-3-13(11)16(12)14/h1,3-4,6-7,15H,2,5,8-10H2,(H2,19,21). The minimum Gasteiger partial charge on any atom is -0.457 e. The van der Waals surface area contributed by atoms with Crippen molar-refractivity contribution < 1.29 is 14.3 Å². The first-order chi connectivity index (χ1) is 11.1. The molecule has 23 heavy (non-hydrogen) atoms. The van der Waals surface area contributed by atoms with Gasteiger partial charge in [-0.05, 0) is 42.0 Å². The topological polar surface area (TPSA) is 72.6 Å². The molecular weight excluding hydrogens is 292 g/mol. The van der Waals surface area contributed by atoms with Gasteiger partial charge in [0.05, 0.1) is 11.6 Å². The number of benzene rings is 2. The Morgan fingerprint density at radius 1 is 1.30 bits per heavy atom. The number of carbonyl (C=O) groups is 2. The normalized spacial score (nSPS) is 20.7. The fraction of sp³-hybridized carbons (Fsp3) is 0.333. The second kappa shape index (κ2) is 5.35. The molecule has 1 atom stereocenters. The van der Waals surface area contributed by atoms with Gasteiger partial charge in [-0.2, -0.15) is 0 Å². The summed E-state index contributed by atoms with van der Waals surface area (Å²) >= 11 is 0. The molecule has 2 aromatic rings. The number of likely N-dealkylation sites (tertiary alicyclic amines) is 1. The van der Waals surface area contributed by atoms with E-state index in [1.807, 2.05) is 18.2 Å². The van der Waals surface area contributed by atoms with Gasteiger partial charge >= 0.3 is 5.97 Å². The quantitative estimate of drug-likeness (QED) is 0.880. The van der Waals surface area contributed by atoms with E-state index in [4.69, 9.17) is 10.5 Å². The number of nitrogens with two attached hydrogens (primary N) is 1. The van der Waals surface area contributed by atoms with Crippen molar-refractivity contribution in [2.24, 2.45) is 5.73 Å². The first-order valence-electron chi connectivity index (χ1n) is 7.89. The number of hydrogen-bond donors (Lipinski definition) is 1. The maximum Gasteiger partial charge on any atom is 0.339 e. The summed E-state index contributed by atoms with van der Waals surface area (Å²) in [7, 11) is 0. The van der Waals surface area contributed by atoms with Gasteiger partial charge in [0, 0.05) is 11.9 Å². The van der Waals surface area contributed by atoms with Crippen LogP contribution in [-0.2, 0) is 22.7 Å². The first kappa shape index (κ1) is 14.2. The highest BCUT2D eigenvalue weighted by Crippen LogP contribution is 2.32. The van der Waals surface area contributed by atoms with Crippen LogP contribution in [0, 0.1) is 0 Å². The molecule has 0 aliphatic carbocycles. The molecule has 2 heterocycles. The summed E-state index contributed by atoms with van der Waals surface area (Å²) in [5, 5.41) is 2.04. The van der Waals surface area contributed by atoms with Gasteiger partial charge in [-0.3, -0.25) is 9.69 Å². The van der Waals surface area contributed by atoms with Crippen molar-refractivity contribution in [2.45, 2.75) is 32.0 Å². The van der Waals surface area contributed by atoms with E-state index in [1.165, 1.54) is 0 Å². The smallest absolute Gasteiger partial charge is 0.339 e. The SMILES string of the molecule is NC(=O)C1CCCN1Cc1ccc2c3c(cccc13)C(=O)OC2. The molecule has 5 nitrogen and oxygen atoms in total. The molecule has 0 radical (unpaired) electrons. The lowest BCUT2D eigenvalue weighted by Crippen LogP contribution is -2.39. The predicted molar refractivity (Wildman–Crippen MR) is 85.7 cm³/mol. The van der Waals surface area contributed by atoms with Crippen LogP contribution >= 0.6 is 0 Å². The van der Waals surface area contributed by atoms with Crippen LogP contribution in [0.2, 0.25) is 0 Å². The summed E-state index contributed by atoms with van der Waals surface area (Å²) < 4.78 is 5.21. The molecule has 0 saturated carbocycles. The second-order valence-corrected chi connectivity index (χ2v) is 6.22. The van der Waals surface area contributed by atoms with E-state index in [9.17, 15) is 9.59 Å². The fourth-order valence-corrected chi connectivity index (χ4v) is 3.75. The molecule has 2 aliphatic rings. The van der Waals surface area contributed by atoms with E-state index in [-0.39, 0.29) is 17.9 Å². The number of cyclic esters (lactones) is 1. The Hall–Kier alpha value is -2.40. The van der Waals surface area contributed by atoms with E-state index < -0.39 is 0 Å². The first-order valence-corrected chi connectivity index (χ1v) is 7.89. The van der Waals surface area contributed by atoms with Gasteiger partial charge in [-0.25, -0.2) is 4.79 Å². The van der Waals surface area contributed by atoms with Gasteiger partial charge in [-0.1, -0.05) is 24.3 Å². The maximum atomic E-state index is 12.0. The van der Waals surface area contributed by atoms with Crippen LogP contribution in [-0.4, -0.2) is 29.4 Å². The van der Waals surface area contributed by atoms with E-state index in [1.54, 1.807) is 6.07 Å². The summed E-state index contributed by atoms with van der Waals surface area (Å²) in [6.45, 7) is 1.86. The Balaban J connectivity index is 1.78. The Morgan fingerprint density at radius 2 is 2.17 bits per heavy atom. The Morgan fingerprint density at radius 3 is 3.00 bits per heavy atom. The number of rotatable bonds is 3. The third kappa shape index (κ3) is 2.28. The van der Waals surface area contributed by atoms with Gasteiger partial charge in [0.1, 0.15) is 6.61 Å². The van der Waals surface area contributed by atoms with E-state index >= 15 is 0 Å². The lowest BCUT2D eigenvalue weighted by molar-refractivity contribution is -0.122. The highest BCUT2D eigenvalue weighted by Gasteiger charge is 2.29. The van der Waals surface area contributed by atoms with Crippen molar-refractivity contribution in [1.29, 1.82) is 0 Å². The molecule has 1 fully saturated rings. The zero-order valence-corrected chi connectivity index (χ0v) is 12.7.